The summed E-state index contributed by atoms with van der Waals surface area (Å²) >= 11 is 0. The van der Waals surface area contributed by atoms with Gasteiger partial charge in [0.15, 0.2) is 0 Å². The quantitative estimate of drug-likeness (QED) is 0.585. The summed E-state index contributed by atoms with van der Waals surface area (Å²) in [5.41, 5.74) is 1.81. The molecule has 0 bridgehead atoms. The molecule has 0 saturated heterocycles. The van der Waals surface area contributed by atoms with Crippen molar-refractivity contribution in [2.75, 3.05) is 13.7 Å². The summed E-state index contributed by atoms with van der Waals surface area (Å²) in [7, 11) is 1.31. The molecule has 1 N–H and O–H groups in total. The molecule has 0 aromatic heterocycles. The van der Waals surface area contributed by atoms with Crippen LogP contribution in [0.4, 0.5) is 0 Å². The van der Waals surface area contributed by atoms with Crippen molar-refractivity contribution < 1.29 is 19.1 Å². The molecule has 2 aromatic rings. The van der Waals surface area contributed by atoms with Gasteiger partial charge < -0.3 is 14.8 Å². The average molecular weight is 353 g/mol. The average Bonchev–Trinajstić information content (AvgIpc) is 2.67. The molecule has 5 nitrogen and oxygen atoms in total. The van der Waals surface area contributed by atoms with Crippen LogP contribution < -0.4 is 10.1 Å². The van der Waals surface area contributed by atoms with E-state index in [1.807, 2.05) is 61.5 Å². The minimum atomic E-state index is -0.736. The zero-order chi connectivity index (χ0) is 18.8. The summed E-state index contributed by atoms with van der Waals surface area (Å²) in [5, 5.41) is 2.69. The molecule has 0 aliphatic heterocycles. The lowest BCUT2D eigenvalue weighted by atomic mass is 10.1. The van der Waals surface area contributed by atoms with Crippen LogP contribution in [0, 0.1) is 0 Å². The van der Waals surface area contributed by atoms with Crippen molar-refractivity contribution >= 4 is 18.0 Å². The number of esters is 1. The van der Waals surface area contributed by atoms with Gasteiger partial charge in [0.1, 0.15) is 11.8 Å². The van der Waals surface area contributed by atoms with Gasteiger partial charge in [-0.25, -0.2) is 4.79 Å². The molecule has 0 heterocycles. The molecule has 1 atom stereocenters. The lowest BCUT2D eigenvalue weighted by Crippen LogP contribution is -2.42. The maximum Gasteiger partial charge on any atom is 0.328 e. The predicted octanol–water partition coefficient (Wildman–Crippen LogP) is 3.00. The Bertz CT molecular complexity index is 738. The Morgan fingerprint density at radius 1 is 1.08 bits per heavy atom. The standard InChI is InChI=1S/C21H23NO4/c1-3-26-18-12-9-16(10-13-18)11-14-20(23)22-19(21(24)25-2)15-17-7-5-4-6-8-17/h4-14,19H,3,15H2,1-2H3,(H,22,23)/b14-11+. The van der Waals surface area contributed by atoms with Crippen molar-refractivity contribution in [2.45, 2.75) is 19.4 Å². The van der Waals surface area contributed by atoms with Crippen molar-refractivity contribution in [3.8, 4) is 5.75 Å². The third kappa shape index (κ3) is 6.09. The van der Waals surface area contributed by atoms with Crippen LogP contribution >= 0.6 is 0 Å². The third-order valence-corrected chi connectivity index (χ3v) is 3.70. The molecule has 0 spiro atoms. The molecule has 1 amide bonds. The van der Waals surface area contributed by atoms with Gasteiger partial charge in [-0.15, -0.1) is 0 Å². The zero-order valence-corrected chi connectivity index (χ0v) is 15.0. The molecule has 5 heteroatoms. The number of hydrogen-bond acceptors (Lipinski definition) is 4. The van der Waals surface area contributed by atoms with Crippen LogP contribution in [0.3, 0.4) is 0 Å². The van der Waals surface area contributed by atoms with E-state index < -0.39 is 12.0 Å². The van der Waals surface area contributed by atoms with Gasteiger partial charge in [-0.2, -0.15) is 0 Å². The molecule has 0 aliphatic carbocycles. The molecule has 0 saturated carbocycles. The van der Waals surface area contributed by atoms with Gasteiger partial charge in [0.25, 0.3) is 0 Å². The van der Waals surface area contributed by atoms with Crippen molar-refractivity contribution in [2.24, 2.45) is 0 Å². The molecule has 0 fully saturated rings. The van der Waals surface area contributed by atoms with Crippen molar-refractivity contribution in [3.63, 3.8) is 0 Å². The van der Waals surface area contributed by atoms with Gasteiger partial charge in [0, 0.05) is 12.5 Å². The zero-order valence-electron chi connectivity index (χ0n) is 15.0. The van der Waals surface area contributed by atoms with E-state index in [1.165, 1.54) is 13.2 Å². The van der Waals surface area contributed by atoms with Crippen LogP contribution in [0.2, 0.25) is 0 Å². The molecule has 0 radical (unpaired) electrons. The van der Waals surface area contributed by atoms with Gasteiger partial charge in [-0.3, -0.25) is 4.79 Å². The van der Waals surface area contributed by atoms with Crippen LogP contribution in [-0.2, 0) is 20.7 Å². The van der Waals surface area contributed by atoms with E-state index in [4.69, 9.17) is 9.47 Å². The number of hydrogen-bond donors (Lipinski definition) is 1. The fourth-order valence-electron chi connectivity index (χ4n) is 2.42. The van der Waals surface area contributed by atoms with Crippen LogP contribution in [0.5, 0.6) is 5.75 Å². The normalized spacial score (nSPS) is 11.8. The minimum absolute atomic E-state index is 0.356. The summed E-state index contributed by atoms with van der Waals surface area (Å²) in [4.78, 5) is 24.1. The summed E-state index contributed by atoms with van der Waals surface area (Å²) in [5.74, 6) is -0.0513. The highest BCUT2D eigenvalue weighted by Crippen LogP contribution is 2.13. The van der Waals surface area contributed by atoms with Gasteiger partial charge in [0.2, 0.25) is 5.91 Å². The molecule has 1 unspecified atom stereocenters. The second-order valence-electron chi connectivity index (χ2n) is 5.61. The number of carbonyl (C=O) groups is 2. The fraction of sp³-hybridized carbons (Fsp3) is 0.238. The minimum Gasteiger partial charge on any atom is -0.494 e. The lowest BCUT2D eigenvalue weighted by molar-refractivity contribution is -0.144. The van der Waals surface area contributed by atoms with E-state index in [0.29, 0.717) is 13.0 Å². The monoisotopic (exact) mass is 353 g/mol. The first-order valence-corrected chi connectivity index (χ1v) is 8.45. The van der Waals surface area contributed by atoms with E-state index >= 15 is 0 Å². The topological polar surface area (TPSA) is 64.6 Å². The lowest BCUT2D eigenvalue weighted by Gasteiger charge is -2.15. The van der Waals surface area contributed by atoms with Gasteiger partial charge in [-0.1, -0.05) is 42.5 Å². The fourth-order valence-corrected chi connectivity index (χ4v) is 2.42. The predicted molar refractivity (Wildman–Crippen MR) is 101 cm³/mol. The Hall–Kier alpha value is -3.08. The van der Waals surface area contributed by atoms with Crippen LogP contribution in [-0.4, -0.2) is 31.6 Å². The van der Waals surface area contributed by atoms with Gasteiger partial charge in [-0.05, 0) is 36.3 Å². The summed E-state index contributed by atoms with van der Waals surface area (Å²) < 4.78 is 10.2. The molecular formula is C21H23NO4. The second kappa shape index (κ2) is 10.0. The highest BCUT2D eigenvalue weighted by molar-refractivity contribution is 5.94. The summed E-state index contributed by atoms with van der Waals surface area (Å²) in [6.45, 7) is 2.53. The van der Waals surface area contributed by atoms with Crippen molar-refractivity contribution in [3.05, 3.63) is 71.8 Å². The van der Waals surface area contributed by atoms with E-state index in [-0.39, 0.29) is 5.91 Å². The SMILES string of the molecule is CCOc1ccc(/C=C/C(=O)NC(Cc2ccccc2)C(=O)OC)cc1. The van der Waals surface area contributed by atoms with E-state index in [9.17, 15) is 9.59 Å². The Kier molecular flexibility index (Phi) is 7.43. The van der Waals surface area contributed by atoms with E-state index in [0.717, 1.165) is 16.9 Å². The number of rotatable bonds is 8. The molecule has 0 aliphatic rings. The van der Waals surface area contributed by atoms with Gasteiger partial charge >= 0.3 is 5.97 Å². The third-order valence-electron chi connectivity index (χ3n) is 3.70. The molecule has 136 valence electrons. The van der Waals surface area contributed by atoms with Crippen LogP contribution in [0.25, 0.3) is 6.08 Å². The number of methoxy groups -OCH3 is 1. The van der Waals surface area contributed by atoms with Crippen LogP contribution in [0.15, 0.2) is 60.7 Å². The number of nitrogens with one attached hydrogen (secondary N) is 1. The first-order valence-electron chi connectivity index (χ1n) is 8.45. The first-order chi connectivity index (χ1) is 12.6. The number of benzene rings is 2. The molecule has 26 heavy (non-hydrogen) atoms. The van der Waals surface area contributed by atoms with E-state index in [1.54, 1.807) is 6.08 Å². The van der Waals surface area contributed by atoms with Crippen LogP contribution in [0.1, 0.15) is 18.1 Å². The highest BCUT2D eigenvalue weighted by Gasteiger charge is 2.20. The number of amides is 1. The number of ether oxygens (including phenoxy) is 2. The highest BCUT2D eigenvalue weighted by atomic mass is 16.5. The van der Waals surface area contributed by atoms with Crippen molar-refractivity contribution in [1.29, 1.82) is 0 Å². The Morgan fingerprint density at radius 2 is 1.77 bits per heavy atom. The maximum atomic E-state index is 12.2. The Morgan fingerprint density at radius 3 is 2.38 bits per heavy atom. The number of carbonyl (C=O) groups excluding carboxylic acids is 2. The summed E-state index contributed by atoms with van der Waals surface area (Å²) in [6.07, 6.45) is 3.45. The van der Waals surface area contributed by atoms with E-state index in [2.05, 4.69) is 5.32 Å². The van der Waals surface area contributed by atoms with Crippen molar-refractivity contribution in [1.82, 2.24) is 5.32 Å². The Labute approximate surface area is 153 Å². The molecule has 2 aromatic carbocycles. The Balaban J connectivity index is 1.98. The van der Waals surface area contributed by atoms with Gasteiger partial charge in [0.05, 0.1) is 13.7 Å². The smallest absolute Gasteiger partial charge is 0.328 e. The summed E-state index contributed by atoms with van der Waals surface area (Å²) in [6, 6.07) is 16.1. The molecular weight excluding hydrogens is 330 g/mol. The molecule has 2 rings (SSSR count). The maximum absolute atomic E-state index is 12.2. The first kappa shape index (κ1) is 19.2. The largest absolute Gasteiger partial charge is 0.494 e. The second-order valence-corrected chi connectivity index (χ2v) is 5.61.